The second-order valence-electron chi connectivity index (χ2n) is 4.89. The maximum atomic E-state index is 11.8. The van der Waals surface area contributed by atoms with E-state index in [0.717, 1.165) is 25.2 Å². The van der Waals surface area contributed by atoms with Gasteiger partial charge in [0.1, 0.15) is 0 Å². The number of halogens is 1. The Hall–Kier alpha value is -1.09. The standard InChI is InChI=1S/C13H16N4O2S2.ClH/c18-11(15-9-1-2-14-6-9)8-20-7-10-5-12(19)17-3-4-21-13(17)16-10;/h3-5,9,14H,1-2,6-8H2,(H,15,18);1H. The molecule has 1 aliphatic heterocycles. The van der Waals surface area contributed by atoms with E-state index >= 15 is 0 Å². The topological polar surface area (TPSA) is 75.5 Å². The van der Waals surface area contributed by atoms with Gasteiger partial charge in [-0.15, -0.1) is 35.5 Å². The van der Waals surface area contributed by atoms with Gasteiger partial charge < -0.3 is 10.6 Å². The molecule has 22 heavy (non-hydrogen) atoms. The lowest BCUT2D eigenvalue weighted by Crippen LogP contribution is -2.37. The molecular formula is C13H17ClN4O2S2. The third kappa shape index (κ3) is 4.22. The highest BCUT2D eigenvalue weighted by Crippen LogP contribution is 2.12. The minimum absolute atomic E-state index is 0. The highest BCUT2D eigenvalue weighted by Gasteiger charge is 2.16. The Balaban J connectivity index is 0.00000176. The summed E-state index contributed by atoms with van der Waals surface area (Å²) in [7, 11) is 0. The van der Waals surface area contributed by atoms with Gasteiger partial charge in [-0.1, -0.05) is 0 Å². The Morgan fingerprint density at radius 2 is 2.45 bits per heavy atom. The second-order valence-corrected chi connectivity index (χ2v) is 6.75. The molecule has 0 spiro atoms. The number of thiazole rings is 1. The fourth-order valence-corrected chi connectivity index (χ4v) is 3.72. The van der Waals surface area contributed by atoms with Crippen molar-refractivity contribution in [2.45, 2.75) is 18.2 Å². The summed E-state index contributed by atoms with van der Waals surface area (Å²) < 4.78 is 1.53. The number of carbonyl (C=O) groups excluding carboxylic acids is 1. The first-order chi connectivity index (χ1) is 10.2. The van der Waals surface area contributed by atoms with Gasteiger partial charge in [-0.2, -0.15) is 0 Å². The molecule has 1 amide bonds. The average Bonchev–Trinajstić information content (AvgIpc) is 3.09. The maximum Gasteiger partial charge on any atom is 0.258 e. The van der Waals surface area contributed by atoms with Gasteiger partial charge in [-0.25, -0.2) is 4.98 Å². The van der Waals surface area contributed by atoms with Crippen molar-refractivity contribution in [1.29, 1.82) is 0 Å². The fourth-order valence-electron chi connectivity index (χ4n) is 2.26. The molecule has 6 nitrogen and oxygen atoms in total. The van der Waals surface area contributed by atoms with E-state index in [-0.39, 0.29) is 29.9 Å². The zero-order chi connectivity index (χ0) is 14.7. The Bertz CT molecular complexity index is 697. The molecular weight excluding hydrogens is 344 g/mol. The van der Waals surface area contributed by atoms with Gasteiger partial charge in [0, 0.05) is 36.0 Å². The van der Waals surface area contributed by atoms with E-state index < -0.39 is 0 Å². The summed E-state index contributed by atoms with van der Waals surface area (Å²) in [5.41, 5.74) is 0.654. The van der Waals surface area contributed by atoms with Crippen molar-refractivity contribution in [2.24, 2.45) is 0 Å². The smallest absolute Gasteiger partial charge is 0.258 e. The van der Waals surface area contributed by atoms with Gasteiger partial charge in [0.05, 0.1) is 11.4 Å². The van der Waals surface area contributed by atoms with E-state index in [2.05, 4.69) is 15.6 Å². The molecule has 0 saturated carbocycles. The lowest BCUT2D eigenvalue weighted by molar-refractivity contribution is -0.119. The molecule has 0 aliphatic carbocycles. The van der Waals surface area contributed by atoms with Crippen LogP contribution in [-0.2, 0) is 10.5 Å². The third-order valence-electron chi connectivity index (χ3n) is 3.26. The monoisotopic (exact) mass is 360 g/mol. The van der Waals surface area contributed by atoms with Crippen LogP contribution in [0.1, 0.15) is 12.1 Å². The quantitative estimate of drug-likeness (QED) is 0.828. The van der Waals surface area contributed by atoms with Crippen molar-refractivity contribution >= 4 is 46.4 Å². The molecule has 0 aromatic carbocycles. The summed E-state index contributed by atoms with van der Waals surface area (Å²) in [5.74, 6) is 1.00. The van der Waals surface area contributed by atoms with Gasteiger partial charge in [-0.3, -0.25) is 14.0 Å². The number of amides is 1. The molecule has 2 N–H and O–H groups in total. The number of nitrogens with zero attached hydrogens (tertiary/aromatic N) is 2. The number of hydrogen-bond donors (Lipinski definition) is 2. The van der Waals surface area contributed by atoms with Crippen LogP contribution in [0.15, 0.2) is 22.4 Å². The lowest BCUT2D eigenvalue weighted by Gasteiger charge is -2.10. The Morgan fingerprint density at radius 1 is 1.59 bits per heavy atom. The van der Waals surface area contributed by atoms with Crippen LogP contribution in [0.25, 0.3) is 4.96 Å². The van der Waals surface area contributed by atoms with Crippen LogP contribution in [0.4, 0.5) is 0 Å². The predicted molar refractivity (Wildman–Crippen MR) is 92.2 cm³/mol. The van der Waals surface area contributed by atoms with E-state index in [1.165, 1.54) is 33.6 Å². The first kappa shape index (κ1) is 17.3. The van der Waals surface area contributed by atoms with Gasteiger partial charge >= 0.3 is 0 Å². The number of fused-ring (bicyclic) bond motifs is 1. The zero-order valence-corrected chi connectivity index (χ0v) is 14.2. The van der Waals surface area contributed by atoms with Crippen LogP contribution in [0.3, 0.4) is 0 Å². The minimum atomic E-state index is -0.0710. The number of carbonyl (C=O) groups is 1. The molecule has 1 fully saturated rings. The number of rotatable bonds is 5. The van der Waals surface area contributed by atoms with Gasteiger partial charge in [0.15, 0.2) is 4.96 Å². The van der Waals surface area contributed by atoms with E-state index in [9.17, 15) is 9.59 Å². The highest BCUT2D eigenvalue weighted by atomic mass is 35.5. The molecule has 1 unspecified atom stereocenters. The van der Waals surface area contributed by atoms with Gasteiger partial charge in [0.2, 0.25) is 5.91 Å². The lowest BCUT2D eigenvalue weighted by atomic mass is 10.3. The summed E-state index contributed by atoms with van der Waals surface area (Å²) >= 11 is 2.91. The molecule has 3 heterocycles. The van der Waals surface area contributed by atoms with Crippen molar-refractivity contribution in [3.8, 4) is 0 Å². The molecule has 2 aromatic heterocycles. The Labute approximate surface area is 142 Å². The van der Waals surface area contributed by atoms with Crippen molar-refractivity contribution in [1.82, 2.24) is 20.0 Å². The molecule has 2 aromatic rings. The molecule has 1 saturated heterocycles. The van der Waals surface area contributed by atoms with E-state index in [4.69, 9.17) is 0 Å². The SMILES string of the molecule is Cl.O=C(CSCc1cc(=O)n2ccsc2n1)NC1CCNC1. The van der Waals surface area contributed by atoms with Crippen molar-refractivity contribution in [2.75, 3.05) is 18.8 Å². The largest absolute Gasteiger partial charge is 0.351 e. The molecule has 3 rings (SSSR count). The first-order valence-electron chi connectivity index (χ1n) is 6.76. The number of thioether (sulfide) groups is 1. The van der Waals surface area contributed by atoms with Crippen LogP contribution in [0.2, 0.25) is 0 Å². The second kappa shape index (κ2) is 7.96. The van der Waals surface area contributed by atoms with E-state index in [1.54, 1.807) is 6.20 Å². The van der Waals surface area contributed by atoms with Crippen molar-refractivity contribution in [3.05, 3.63) is 33.7 Å². The predicted octanol–water partition coefficient (Wildman–Crippen LogP) is 0.889. The first-order valence-corrected chi connectivity index (χ1v) is 8.79. The number of nitrogens with one attached hydrogen (secondary N) is 2. The molecule has 1 aliphatic rings. The van der Waals surface area contributed by atoms with Crippen molar-refractivity contribution in [3.63, 3.8) is 0 Å². The zero-order valence-electron chi connectivity index (χ0n) is 11.8. The van der Waals surface area contributed by atoms with Gasteiger partial charge in [0.25, 0.3) is 5.56 Å². The molecule has 1 atom stereocenters. The van der Waals surface area contributed by atoms with E-state index in [1.807, 2.05) is 5.38 Å². The normalized spacial score (nSPS) is 17.4. The number of hydrogen-bond acceptors (Lipinski definition) is 6. The molecule has 0 radical (unpaired) electrons. The third-order valence-corrected chi connectivity index (χ3v) is 4.99. The molecule has 9 heteroatoms. The van der Waals surface area contributed by atoms with Crippen LogP contribution in [-0.4, -0.2) is 40.2 Å². The van der Waals surface area contributed by atoms with Crippen LogP contribution < -0.4 is 16.2 Å². The maximum absolute atomic E-state index is 11.8. The summed E-state index contributed by atoms with van der Waals surface area (Å²) in [6.45, 7) is 1.82. The van der Waals surface area contributed by atoms with Crippen LogP contribution >= 0.6 is 35.5 Å². The summed E-state index contributed by atoms with van der Waals surface area (Å²) in [4.78, 5) is 28.7. The van der Waals surface area contributed by atoms with Crippen LogP contribution in [0, 0.1) is 0 Å². The minimum Gasteiger partial charge on any atom is -0.351 e. The summed E-state index contributed by atoms with van der Waals surface area (Å²) in [6.07, 6.45) is 2.71. The van der Waals surface area contributed by atoms with Gasteiger partial charge in [-0.05, 0) is 13.0 Å². The summed E-state index contributed by atoms with van der Waals surface area (Å²) in [5, 5.41) is 8.05. The fraction of sp³-hybridized carbons (Fsp3) is 0.462. The molecule has 120 valence electrons. The van der Waals surface area contributed by atoms with Crippen molar-refractivity contribution < 1.29 is 4.79 Å². The summed E-state index contributed by atoms with van der Waals surface area (Å²) in [6, 6.07) is 1.79. The Kier molecular flexibility index (Phi) is 6.25. The molecule has 0 bridgehead atoms. The Morgan fingerprint density at radius 3 is 3.23 bits per heavy atom. The number of aromatic nitrogens is 2. The van der Waals surface area contributed by atoms with E-state index in [0.29, 0.717) is 16.5 Å². The highest BCUT2D eigenvalue weighted by molar-refractivity contribution is 7.99. The average molecular weight is 361 g/mol. The van der Waals surface area contributed by atoms with Crippen LogP contribution in [0.5, 0.6) is 0 Å².